The molecule has 1 fully saturated rings. The number of aryl methyl sites for hydroxylation is 1. The van der Waals surface area contributed by atoms with Gasteiger partial charge in [-0.05, 0) is 7.05 Å². The molecule has 12 heavy (non-hydrogen) atoms. The van der Waals surface area contributed by atoms with Crippen LogP contribution in [0, 0.1) is 0 Å². The van der Waals surface area contributed by atoms with Crippen molar-refractivity contribution in [1.82, 2.24) is 14.7 Å². The van der Waals surface area contributed by atoms with Crippen LogP contribution in [0.25, 0.3) is 0 Å². The SMILES string of the molecule is CN1CC(Nc2cnn(C)c2)C1. The zero-order valence-electron chi connectivity index (χ0n) is 7.49. The van der Waals surface area contributed by atoms with Gasteiger partial charge in [-0.3, -0.25) is 4.68 Å². The van der Waals surface area contributed by atoms with Gasteiger partial charge in [0.05, 0.1) is 17.9 Å². The maximum Gasteiger partial charge on any atom is 0.0729 e. The van der Waals surface area contributed by atoms with Crippen LogP contribution in [0.3, 0.4) is 0 Å². The number of nitrogens with zero attached hydrogens (tertiary/aromatic N) is 3. The van der Waals surface area contributed by atoms with Crippen LogP contribution in [0.5, 0.6) is 0 Å². The summed E-state index contributed by atoms with van der Waals surface area (Å²) in [4.78, 5) is 2.29. The molecule has 0 aliphatic carbocycles. The van der Waals surface area contributed by atoms with Gasteiger partial charge in [0.1, 0.15) is 0 Å². The molecule has 0 atom stereocenters. The summed E-state index contributed by atoms with van der Waals surface area (Å²) in [6, 6.07) is 0.610. The van der Waals surface area contributed by atoms with Gasteiger partial charge in [0.25, 0.3) is 0 Å². The highest BCUT2D eigenvalue weighted by molar-refractivity contribution is 5.40. The summed E-state index contributed by atoms with van der Waals surface area (Å²) >= 11 is 0. The van der Waals surface area contributed by atoms with Crippen LogP contribution in [0.2, 0.25) is 0 Å². The van der Waals surface area contributed by atoms with Crippen molar-refractivity contribution in [2.45, 2.75) is 6.04 Å². The van der Waals surface area contributed by atoms with E-state index in [1.54, 1.807) is 0 Å². The molecule has 2 rings (SSSR count). The molecule has 1 saturated heterocycles. The van der Waals surface area contributed by atoms with Gasteiger partial charge in [-0.2, -0.15) is 5.10 Å². The molecule has 4 nitrogen and oxygen atoms in total. The predicted octanol–water partition coefficient (Wildman–Crippen LogP) is 0.146. The summed E-state index contributed by atoms with van der Waals surface area (Å²) in [5, 5.41) is 7.49. The Hall–Kier alpha value is -1.03. The summed E-state index contributed by atoms with van der Waals surface area (Å²) in [5.41, 5.74) is 1.12. The van der Waals surface area contributed by atoms with E-state index in [1.807, 2.05) is 24.1 Å². The summed E-state index contributed by atoms with van der Waals surface area (Å²) in [5.74, 6) is 0. The monoisotopic (exact) mass is 166 g/mol. The van der Waals surface area contributed by atoms with E-state index in [2.05, 4.69) is 22.4 Å². The smallest absolute Gasteiger partial charge is 0.0729 e. The Bertz CT molecular complexity index is 262. The van der Waals surface area contributed by atoms with Gasteiger partial charge in [0, 0.05) is 26.3 Å². The number of hydrogen-bond donors (Lipinski definition) is 1. The lowest BCUT2D eigenvalue weighted by Gasteiger charge is -2.36. The second-order valence-electron chi connectivity index (χ2n) is 3.47. The molecule has 1 aliphatic heterocycles. The molecule has 4 heteroatoms. The normalized spacial score (nSPS) is 19.2. The van der Waals surface area contributed by atoms with Crippen molar-refractivity contribution in [3.8, 4) is 0 Å². The summed E-state index contributed by atoms with van der Waals surface area (Å²) in [6.07, 6.45) is 3.86. The lowest BCUT2D eigenvalue weighted by Crippen LogP contribution is -2.52. The molecule has 66 valence electrons. The van der Waals surface area contributed by atoms with E-state index in [4.69, 9.17) is 0 Å². The van der Waals surface area contributed by atoms with Gasteiger partial charge in [-0.15, -0.1) is 0 Å². The molecule has 0 radical (unpaired) electrons. The molecule has 2 heterocycles. The van der Waals surface area contributed by atoms with Gasteiger partial charge >= 0.3 is 0 Å². The Labute approximate surface area is 72.2 Å². The van der Waals surface area contributed by atoms with E-state index in [-0.39, 0.29) is 0 Å². The fourth-order valence-electron chi connectivity index (χ4n) is 1.52. The van der Waals surface area contributed by atoms with Crippen LogP contribution in [0.4, 0.5) is 5.69 Å². The molecular weight excluding hydrogens is 152 g/mol. The first-order chi connectivity index (χ1) is 5.74. The predicted molar refractivity (Wildman–Crippen MR) is 48.1 cm³/mol. The molecule has 1 aromatic heterocycles. The number of nitrogens with one attached hydrogen (secondary N) is 1. The molecule has 0 saturated carbocycles. The fraction of sp³-hybridized carbons (Fsp3) is 0.625. The Morgan fingerprint density at radius 1 is 1.50 bits per heavy atom. The molecule has 0 bridgehead atoms. The quantitative estimate of drug-likeness (QED) is 0.678. The summed E-state index contributed by atoms with van der Waals surface area (Å²) < 4.78 is 1.81. The van der Waals surface area contributed by atoms with Crippen LogP contribution >= 0.6 is 0 Å². The fourth-order valence-corrected chi connectivity index (χ4v) is 1.52. The van der Waals surface area contributed by atoms with E-state index in [0.717, 1.165) is 18.8 Å². The molecular formula is C8H14N4. The van der Waals surface area contributed by atoms with Gasteiger partial charge < -0.3 is 10.2 Å². The standard InChI is InChI=1S/C8H14N4/c1-11-4-8(5-11)10-7-3-9-12(2)6-7/h3,6,8,10H,4-5H2,1-2H3. The third-order valence-electron chi connectivity index (χ3n) is 2.14. The topological polar surface area (TPSA) is 33.1 Å². The third-order valence-corrected chi connectivity index (χ3v) is 2.14. The first kappa shape index (κ1) is 7.61. The van der Waals surface area contributed by atoms with Crippen LogP contribution < -0.4 is 5.32 Å². The average molecular weight is 166 g/mol. The van der Waals surface area contributed by atoms with Crippen molar-refractivity contribution < 1.29 is 0 Å². The zero-order chi connectivity index (χ0) is 8.55. The van der Waals surface area contributed by atoms with Crippen LogP contribution in [0.1, 0.15) is 0 Å². The lowest BCUT2D eigenvalue weighted by atomic mass is 10.1. The summed E-state index contributed by atoms with van der Waals surface area (Å²) in [7, 11) is 4.06. The maximum absolute atomic E-state index is 4.09. The second kappa shape index (κ2) is 2.79. The Kier molecular flexibility index (Phi) is 1.77. The highest BCUT2D eigenvalue weighted by Gasteiger charge is 2.22. The lowest BCUT2D eigenvalue weighted by molar-refractivity contribution is 0.205. The molecule has 0 spiro atoms. The van der Waals surface area contributed by atoms with Gasteiger partial charge in [0.15, 0.2) is 0 Å². The molecule has 0 unspecified atom stereocenters. The van der Waals surface area contributed by atoms with E-state index in [0.29, 0.717) is 6.04 Å². The molecule has 0 aromatic carbocycles. The van der Waals surface area contributed by atoms with Crippen molar-refractivity contribution in [1.29, 1.82) is 0 Å². The van der Waals surface area contributed by atoms with Crippen LogP contribution in [-0.2, 0) is 7.05 Å². The van der Waals surface area contributed by atoms with Crippen molar-refractivity contribution in [3.63, 3.8) is 0 Å². The van der Waals surface area contributed by atoms with Crippen molar-refractivity contribution in [3.05, 3.63) is 12.4 Å². The number of likely N-dealkylation sites (tertiary alicyclic amines) is 1. The van der Waals surface area contributed by atoms with Crippen LogP contribution in [-0.4, -0.2) is 40.9 Å². The minimum absolute atomic E-state index is 0.610. The first-order valence-electron chi connectivity index (χ1n) is 4.18. The highest BCUT2D eigenvalue weighted by atomic mass is 15.3. The number of aromatic nitrogens is 2. The van der Waals surface area contributed by atoms with Crippen LogP contribution in [0.15, 0.2) is 12.4 Å². The molecule has 0 amide bonds. The Morgan fingerprint density at radius 3 is 2.75 bits per heavy atom. The number of anilines is 1. The number of rotatable bonds is 2. The first-order valence-corrected chi connectivity index (χ1v) is 4.18. The van der Waals surface area contributed by atoms with Crippen molar-refractivity contribution >= 4 is 5.69 Å². The zero-order valence-corrected chi connectivity index (χ0v) is 7.49. The molecule has 1 aromatic rings. The minimum atomic E-state index is 0.610. The van der Waals surface area contributed by atoms with Gasteiger partial charge in [-0.25, -0.2) is 0 Å². The highest BCUT2D eigenvalue weighted by Crippen LogP contribution is 2.12. The third kappa shape index (κ3) is 1.43. The van der Waals surface area contributed by atoms with E-state index >= 15 is 0 Å². The Balaban J connectivity index is 1.88. The molecule has 1 N–H and O–H groups in total. The van der Waals surface area contributed by atoms with E-state index in [9.17, 15) is 0 Å². The second-order valence-corrected chi connectivity index (χ2v) is 3.47. The Morgan fingerprint density at radius 2 is 2.25 bits per heavy atom. The minimum Gasteiger partial charge on any atom is -0.377 e. The average Bonchev–Trinajstić information content (AvgIpc) is 2.33. The number of likely N-dealkylation sites (N-methyl/N-ethyl adjacent to an activating group) is 1. The van der Waals surface area contributed by atoms with Crippen molar-refractivity contribution in [2.75, 3.05) is 25.5 Å². The van der Waals surface area contributed by atoms with Gasteiger partial charge in [0.2, 0.25) is 0 Å². The number of hydrogen-bond acceptors (Lipinski definition) is 3. The van der Waals surface area contributed by atoms with E-state index in [1.165, 1.54) is 0 Å². The van der Waals surface area contributed by atoms with Crippen molar-refractivity contribution in [2.24, 2.45) is 7.05 Å². The summed E-state index contributed by atoms with van der Waals surface area (Å²) in [6.45, 7) is 2.27. The molecule has 1 aliphatic rings. The van der Waals surface area contributed by atoms with Gasteiger partial charge in [-0.1, -0.05) is 0 Å². The maximum atomic E-state index is 4.09. The largest absolute Gasteiger partial charge is 0.377 e. The van der Waals surface area contributed by atoms with E-state index < -0.39 is 0 Å².